The van der Waals surface area contributed by atoms with Crippen LogP contribution >= 0.6 is 0 Å². The van der Waals surface area contributed by atoms with Gasteiger partial charge in [0.05, 0.1) is 0 Å². The van der Waals surface area contributed by atoms with Gasteiger partial charge in [0, 0.05) is 18.0 Å². The summed E-state index contributed by atoms with van der Waals surface area (Å²) in [5, 5.41) is 7.13. The van der Waals surface area contributed by atoms with Gasteiger partial charge >= 0.3 is 6.18 Å². The summed E-state index contributed by atoms with van der Waals surface area (Å²) in [7, 11) is 0. The molecule has 0 aliphatic heterocycles. The van der Waals surface area contributed by atoms with E-state index in [2.05, 4.69) is 20.4 Å². The van der Waals surface area contributed by atoms with Gasteiger partial charge in [0.1, 0.15) is 18.0 Å². The SMILES string of the molecule is Fc1ccc(C2CCCC2Nc2cc(C(F)(F)F)nc3ncnn23)cc1. The molecule has 136 valence electrons. The lowest BCUT2D eigenvalue weighted by Gasteiger charge is -2.23. The second kappa shape index (κ2) is 6.22. The first-order valence-corrected chi connectivity index (χ1v) is 8.22. The Morgan fingerprint density at radius 2 is 1.88 bits per heavy atom. The average Bonchev–Trinajstić information content (AvgIpc) is 3.24. The molecule has 1 aromatic carbocycles. The van der Waals surface area contributed by atoms with Crippen molar-refractivity contribution in [2.75, 3.05) is 5.32 Å². The van der Waals surface area contributed by atoms with E-state index in [0.717, 1.165) is 30.9 Å². The Labute approximate surface area is 146 Å². The van der Waals surface area contributed by atoms with Crippen LogP contribution < -0.4 is 5.32 Å². The summed E-state index contributed by atoms with van der Waals surface area (Å²) in [6.07, 6.45) is -0.809. The lowest BCUT2D eigenvalue weighted by Crippen LogP contribution is -2.25. The second-order valence-electron chi connectivity index (χ2n) is 6.34. The normalized spacial score (nSPS) is 20.6. The van der Waals surface area contributed by atoms with Gasteiger partial charge in [0.25, 0.3) is 5.78 Å². The second-order valence-corrected chi connectivity index (χ2v) is 6.34. The summed E-state index contributed by atoms with van der Waals surface area (Å²) < 4.78 is 53.8. The number of rotatable bonds is 3. The lowest BCUT2D eigenvalue weighted by molar-refractivity contribution is -0.141. The maximum atomic E-state index is 13.2. The number of alkyl halides is 3. The van der Waals surface area contributed by atoms with E-state index in [9.17, 15) is 17.6 Å². The largest absolute Gasteiger partial charge is 0.433 e. The van der Waals surface area contributed by atoms with Gasteiger partial charge in [-0.1, -0.05) is 18.6 Å². The van der Waals surface area contributed by atoms with Gasteiger partial charge in [0.2, 0.25) is 0 Å². The number of halogens is 4. The smallest absolute Gasteiger partial charge is 0.366 e. The molecule has 2 aromatic heterocycles. The van der Waals surface area contributed by atoms with Crippen molar-refractivity contribution in [3.05, 3.63) is 53.7 Å². The van der Waals surface area contributed by atoms with E-state index in [0.29, 0.717) is 0 Å². The van der Waals surface area contributed by atoms with Crippen molar-refractivity contribution in [2.45, 2.75) is 37.4 Å². The van der Waals surface area contributed by atoms with Crippen LogP contribution in [0.15, 0.2) is 36.7 Å². The highest BCUT2D eigenvalue weighted by atomic mass is 19.4. The van der Waals surface area contributed by atoms with Gasteiger partial charge in [-0.3, -0.25) is 0 Å². The van der Waals surface area contributed by atoms with Crippen molar-refractivity contribution < 1.29 is 17.6 Å². The van der Waals surface area contributed by atoms with Crippen LogP contribution in [0.5, 0.6) is 0 Å². The van der Waals surface area contributed by atoms with E-state index in [1.165, 1.54) is 23.0 Å². The number of hydrogen-bond acceptors (Lipinski definition) is 4. The Balaban J connectivity index is 1.67. The van der Waals surface area contributed by atoms with Crippen molar-refractivity contribution in [2.24, 2.45) is 0 Å². The molecule has 0 spiro atoms. The molecule has 1 aliphatic carbocycles. The molecule has 3 aromatic rings. The minimum absolute atomic E-state index is 0.0803. The van der Waals surface area contributed by atoms with Gasteiger partial charge in [-0.2, -0.15) is 27.8 Å². The predicted molar refractivity (Wildman–Crippen MR) is 86.2 cm³/mol. The zero-order valence-corrected chi connectivity index (χ0v) is 13.5. The standard InChI is InChI=1S/C17H15F4N5/c18-11-6-4-10(5-7-11)12-2-1-3-13(12)24-15-8-14(17(19,20)21)25-16-22-9-23-26(15)16/h4-9,12-13,24H,1-3H2. The van der Waals surface area contributed by atoms with Crippen molar-refractivity contribution in [1.29, 1.82) is 0 Å². The number of aromatic nitrogens is 4. The van der Waals surface area contributed by atoms with E-state index in [1.54, 1.807) is 12.1 Å². The highest BCUT2D eigenvalue weighted by Gasteiger charge is 2.35. The quantitative estimate of drug-likeness (QED) is 0.712. The van der Waals surface area contributed by atoms with Gasteiger partial charge < -0.3 is 5.32 Å². The molecule has 5 nitrogen and oxygen atoms in total. The molecule has 9 heteroatoms. The van der Waals surface area contributed by atoms with E-state index in [1.807, 2.05) is 0 Å². The molecule has 1 fully saturated rings. The molecule has 1 aliphatic rings. The van der Waals surface area contributed by atoms with Crippen LogP contribution in [-0.2, 0) is 6.18 Å². The Kier molecular flexibility index (Phi) is 4.01. The Bertz CT molecular complexity index is 919. The monoisotopic (exact) mass is 365 g/mol. The van der Waals surface area contributed by atoms with Gasteiger partial charge in [0.15, 0.2) is 5.69 Å². The fourth-order valence-corrected chi connectivity index (χ4v) is 3.49. The first-order valence-electron chi connectivity index (χ1n) is 8.22. The number of fused-ring (bicyclic) bond motifs is 1. The molecule has 0 amide bonds. The van der Waals surface area contributed by atoms with Crippen LogP contribution in [0, 0.1) is 5.82 Å². The van der Waals surface area contributed by atoms with Crippen LogP contribution in [0.4, 0.5) is 23.4 Å². The minimum atomic E-state index is -4.57. The zero-order chi connectivity index (χ0) is 18.3. The maximum absolute atomic E-state index is 13.2. The Hall–Kier alpha value is -2.71. The molecular formula is C17H15F4N5. The third-order valence-electron chi connectivity index (χ3n) is 4.69. The molecule has 0 radical (unpaired) electrons. The fourth-order valence-electron chi connectivity index (χ4n) is 3.49. The molecule has 2 unspecified atom stereocenters. The van der Waals surface area contributed by atoms with Crippen LogP contribution in [0.1, 0.15) is 36.4 Å². The first kappa shape index (κ1) is 16.7. The third-order valence-corrected chi connectivity index (χ3v) is 4.69. The molecular weight excluding hydrogens is 350 g/mol. The highest BCUT2D eigenvalue weighted by molar-refractivity contribution is 5.47. The molecule has 26 heavy (non-hydrogen) atoms. The molecule has 2 atom stereocenters. The van der Waals surface area contributed by atoms with Gasteiger partial charge in [-0.05, 0) is 30.5 Å². The summed E-state index contributed by atoms with van der Waals surface area (Å²) in [5.74, 6) is -0.154. The summed E-state index contributed by atoms with van der Waals surface area (Å²) in [4.78, 5) is 7.29. The van der Waals surface area contributed by atoms with Crippen molar-refractivity contribution in [3.8, 4) is 0 Å². The van der Waals surface area contributed by atoms with E-state index >= 15 is 0 Å². The summed E-state index contributed by atoms with van der Waals surface area (Å²) in [5.41, 5.74) is -0.0573. The van der Waals surface area contributed by atoms with Crippen molar-refractivity contribution in [3.63, 3.8) is 0 Å². The van der Waals surface area contributed by atoms with Crippen molar-refractivity contribution in [1.82, 2.24) is 19.6 Å². The van der Waals surface area contributed by atoms with Crippen molar-refractivity contribution >= 4 is 11.6 Å². The Morgan fingerprint density at radius 1 is 1.12 bits per heavy atom. The van der Waals surface area contributed by atoms with Crippen LogP contribution in [0.2, 0.25) is 0 Å². The third kappa shape index (κ3) is 3.09. The van der Waals surface area contributed by atoms with Gasteiger partial charge in [-0.15, -0.1) is 0 Å². The zero-order valence-electron chi connectivity index (χ0n) is 13.5. The summed E-state index contributed by atoms with van der Waals surface area (Å²) >= 11 is 0. The number of nitrogens with one attached hydrogen (secondary N) is 1. The van der Waals surface area contributed by atoms with E-state index in [-0.39, 0.29) is 29.4 Å². The van der Waals surface area contributed by atoms with E-state index < -0.39 is 11.9 Å². The molecule has 2 heterocycles. The van der Waals surface area contributed by atoms with Crippen LogP contribution in [0.25, 0.3) is 5.78 Å². The topological polar surface area (TPSA) is 55.1 Å². The van der Waals surface area contributed by atoms with Crippen LogP contribution in [-0.4, -0.2) is 25.6 Å². The first-order chi connectivity index (χ1) is 12.4. The molecule has 4 rings (SSSR count). The van der Waals surface area contributed by atoms with Gasteiger partial charge in [-0.25, -0.2) is 9.37 Å². The predicted octanol–water partition coefficient (Wildman–Crippen LogP) is 4.03. The number of nitrogens with zero attached hydrogens (tertiary/aromatic N) is 4. The van der Waals surface area contributed by atoms with E-state index in [4.69, 9.17) is 0 Å². The summed E-state index contributed by atoms with van der Waals surface area (Å²) in [6, 6.07) is 7.10. The highest BCUT2D eigenvalue weighted by Crippen LogP contribution is 2.37. The Morgan fingerprint density at radius 3 is 2.62 bits per heavy atom. The molecule has 1 N–H and O–H groups in total. The molecule has 1 saturated carbocycles. The number of anilines is 1. The average molecular weight is 365 g/mol. The fraction of sp³-hybridized carbons (Fsp3) is 0.353. The van der Waals surface area contributed by atoms with Crippen LogP contribution in [0.3, 0.4) is 0 Å². The lowest BCUT2D eigenvalue weighted by atomic mass is 9.94. The number of benzene rings is 1. The maximum Gasteiger partial charge on any atom is 0.433 e. The molecule has 0 bridgehead atoms. The summed E-state index contributed by atoms with van der Waals surface area (Å²) in [6.45, 7) is 0. The minimum Gasteiger partial charge on any atom is -0.366 e. The number of hydrogen-bond donors (Lipinski definition) is 1. The molecule has 0 saturated heterocycles.